The van der Waals surface area contributed by atoms with Gasteiger partial charge >= 0.3 is 5.97 Å². The van der Waals surface area contributed by atoms with Gasteiger partial charge in [-0.05, 0) is 25.0 Å². The molecule has 1 N–H and O–H groups in total. The van der Waals surface area contributed by atoms with Crippen LogP contribution in [0, 0.1) is 5.92 Å². The number of carbonyl (C=O) groups excluding carboxylic acids is 2. The maximum Gasteiger partial charge on any atom is 0.340 e. The number of hydrogen-bond acceptors (Lipinski definition) is 5. The van der Waals surface area contributed by atoms with Gasteiger partial charge in [-0.1, -0.05) is 26.0 Å². The van der Waals surface area contributed by atoms with E-state index in [0.717, 1.165) is 0 Å². The van der Waals surface area contributed by atoms with Gasteiger partial charge in [0.1, 0.15) is 0 Å². The molecule has 0 saturated heterocycles. The lowest BCUT2D eigenvalue weighted by Crippen LogP contribution is -2.28. The van der Waals surface area contributed by atoms with E-state index in [1.165, 1.54) is 20.3 Å². The van der Waals surface area contributed by atoms with Crippen LogP contribution in [0.3, 0.4) is 0 Å². The maximum atomic E-state index is 12.8. The molecule has 0 saturated carbocycles. The van der Waals surface area contributed by atoms with Crippen molar-refractivity contribution in [2.24, 2.45) is 5.92 Å². The van der Waals surface area contributed by atoms with Crippen LogP contribution in [0.4, 0.5) is 0 Å². The fourth-order valence-electron chi connectivity index (χ4n) is 2.79. The second-order valence-electron chi connectivity index (χ2n) is 6.22. The van der Waals surface area contributed by atoms with Gasteiger partial charge in [-0.25, -0.2) is 4.79 Å². The highest BCUT2D eigenvalue weighted by Crippen LogP contribution is 2.36. The average molecular weight is 345 g/mol. The molecule has 0 fully saturated rings. The van der Waals surface area contributed by atoms with Crippen molar-refractivity contribution in [1.29, 1.82) is 0 Å². The number of aromatic hydroxyl groups is 1. The molecule has 1 aromatic carbocycles. The van der Waals surface area contributed by atoms with Gasteiger partial charge in [-0.2, -0.15) is 0 Å². The summed E-state index contributed by atoms with van der Waals surface area (Å²) in [5.41, 5.74) is 1.37. The number of benzene rings is 1. The van der Waals surface area contributed by atoms with Gasteiger partial charge in [0.25, 0.3) is 5.91 Å². The first-order chi connectivity index (χ1) is 11.8. The third kappa shape index (κ3) is 3.52. The van der Waals surface area contributed by atoms with Gasteiger partial charge in [0.05, 0.1) is 25.4 Å². The molecule has 134 valence electrons. The topological polar surface area (TPSA) is 76.1 Å². The van der Waals surface area contributed by atoms with Gasteiger partial charge in [0.15, 0.2) is 11.5 Å². The van der Waals surface area contributed by atoms with E-state index in [4.69, 9.17) is 9.47 Å². The van der Waals surface area contributed by atoms with Gasteiger partial charge in [0.2, 0.25) is 0 Å². The minimum atomic E-state index is -0.578. The number of allylic oxidation sites excluding steroid dienone is 1. The van der Waals surface area contributed by atoms with Gasteiger partial charge < -0.3 is 19.5 Å². The third-order valence-electron chi connectivity index (χ3n) is 4.00. The fourth-order valence-corrected chi connectivity index (χ4v) is 2.79. The number of nitrogens with zero attached hydrogens (tertiary/aromatic N) is 1. The Bertz CT molecular complexity index is 761. The van der Waals surface area contributed by atoms with Crippen molar-refractivity contribution in [2.75, 3.05) is 20.8 Å². The van der Waals surface area contributed by atoms with Crippen LogP contribution in [0.5, 0.6) is 11.5 Å². The van der Waals surface area contributed by atoms with Crippen LogP contribution in [-0.2, 0) is 14.3 Å². The Morgan fingerprint density at radius 2 is 2.00 bits per heavy atom. The lowest BCUT2D eigenvalue weighted by molar-refractivity contribution is -0.136. The summed E-state index contributed by atoms with van der Waals surface area (Å²) in [6.45, 7) is 6.20. The monoisotopic (exact) mass is 345 g/mol. The fraction of sp³-hybridized carbons (Fsp3) is 0.368. The number of ether oxygens (including phenoxy) is 2. The molecular formula is C19H23NO5. The molecule has 1 aromatic rings. The quantitative estimate of drug-likeness (QED) is 0.656. The van der Waals surface area contributed by atoms with Gasteiger partial charge in [0, 0.05) is 17.8 Å². The summed E-state index contributed by atoms with van der Waals surface area (Å²) >= 11 is 0. The number of phenols is 1. The first-order valence-corrected chi connectivity index (χ1v) is 8.00. The van der Waals surface area contributed by atoms with E-state index in [2.05, 4.69) is 0 Å². The summed E-state index contributed by atoms with van der Waals surface area (Å²) in [6.07, 6.45) is 1.50. The smallest absolute Gasteiger partial charge is 0.340 e. The minimum Gasteiger partial charge on any atom is -0.504 e. The second-order valence-corrected chi connectivity index (χ2v) is 6.22. The molecule has 1 amide bonds. The Kier molecular flexibility index (Phi) is 5.51. The summed E-state index contributed by atoms with van der Waals surface area (Å²) in [6, 6.07) is 4.96. The van der Waals surface area contributed by atoms with Crippen LogP contribution < -0.4 is 4.74 Å². The highest BCUT2D eigenvalue weighted by Gasteiger charge is 2.37. The number of para-hydroxylation sites is 1. The highest BCUT2D eigenvalue weighted by molar-refractivity contribution is 6.16. The zero-order chi connectivity index (χ0) is 18.7. The summed E-state index contributed by atoms with van der Waals surface area (Å²) in [4.78, 5) is 26.6. The Hall–Kier alpha value is -2.76. The molecule has 0 bridgehead atoms. The zero-order valence-electron chi connectivity index (χ0n) is 15.1. The van der Waals surface area contributed by atoms with E-state index in [9.17, 15) is 14.7 Å². The lowest BCUT2D eigenvalue weighted by Gasteiger charge is -2.19. The number of esters is 1. The predicted octanol–water partition coefficient (Wildman–Crippen LogP) is 2.73. The molecule has 0 aromatic heterocycles. The van der Waals surface area contributed by atoms with Crippen LogP contribution >= 0.6 is 0 Å². The summed E-state index contributed by atoms with van der Waals surface area (Å²) in [5.74, 6) is -0.421. The van der Waals surface area contributed by atoms with Crippen LogP contribution in [0.1, 0.15) is 26.3 Å². The minimum absolute atomic E-state index is 0.0884. The molecule has 6 heteroatoms. The molecule has 0 aliphatic carbocycles. The summed E-state index contributed by atoms with van der Waals surface area (Å²) in [7, 11) is 2.72. The number of amides is 1. The number of methoxy groups -OCH3 is 2. The Balaban J connectivity index is 2.58. The van der Waals surface area contributed by atoms with Crippen molar-refractivity contribution in [1.82, 2.24) is 4.90 Å². The molecule has 0 atom stereocenters. The zero-order valence-corrected chi connectivity index (χ0v) is 15.1. The Labute approximate surface area is 147 Å². The van der Waals surface area contributed by atoms with Crippen LogP contribution in [-0.4, -0.2) is 42.6 Å². The Morgan fingerprint density at radius 1 is 1.32 bits per heavy atom. The molecule has 1 aliphatic rings. The average Bonchev–Trinajstić information content (AvgIpc) is 2.80. The number of phenolic OH excluding ortho intramolecular Hbond substituents is 1. The maximum absolute atomic E-state index is 12.8. The van der Waals surface area contributed by atoms with E-state index in [1.54, 1.807) is 30.0 Å². The number of carbonyl (C=O) groups is 2. The van der Waals surface area contributed by atoms with Crippen molar-refractivity contribution in [3.8, 4) is 11.5 Å². The van der Waals surface area contributed by atoms with E-state index in [1.807, 2.05) is 13.8 Å². The SMILES string of the molecule is COC(=O)C1=C(C)N(CC(C)C)C(=O)/C1=C\c1cccc(OC)c1O. The standard InChI is InChI=1S/C19H23NO5/c1-11(2)10-20-12(3)16(19(23)25-5)14(18(20)22)9-13-7-6-8-15(24-4)17(13)21/h6-9,11,21H,10H2,1-5H3/b14-9-. The molecular weight excluding hydrogens is 322 g/mol. The van der Waals surface area contributed by atoms with Crippen molar-refractivity contribution in [2.45, 2.75) is 20.8 Å². The largest absolute Gasteiger partial charge is 0.504 e. The van der Waals surface area contributed by atoms with E-state index in [0.29, 0.717) is 23.6 Å². The Morgan fingerprint density at radius 3 is 2.56 bits per heavy atom. The first kappa shape index (κ1) is 18.6. The highest BCUT2D eigenvalue weighted by atomic mass is 16.5. The van der Waals surface area contributed by atoms with Crippen molar-refractivity contribution in [3.63, 3.8) is 0 Å². The van der Waals surface area contributed by atoms with E-state index >= 15 is 0 Å². The number of hydrogen-bond donors (Lipinski definition) is 1. The van der Waals surface area contributed by atoms with Gasteiger partial charge in [-0.3, -0.25) is 4.79 Å². The second kappa shape index (κ2) is 7.42. The van der Waals surface area contributed by atoms with Crippen molar-refractivity contribution in [3.05, 3.63) is 40.6 Å². The van der Waals surface area contributed by atoms with Gasteiger partial charge in [-0.15, -0.1) is 0 Å². The van der Waals surface area contributed by atoms with Crippen LogP contribution in [0.15, 0.2) is 35.0 Å². The summed E-state index contributed by atoms with van der Waals surface area (Å²) in [5, 5.41) is 10.3. The molecule has 0 spiro atoms. The van der Waals surface area contributed by atoms with Crippen molar-refractivity contribution >= 4 is 18.0 Å². The van der Waals surface area contributed by atoms with E-state index < -0.39 is 5.97 Å². The molecule has 0 unspecified atom stereocenters. The van der Waals surface area contributed by atoms with Crippen LogP contribution in [0.2, 0.25) is 0 Å². The molecule has 1 aliphatic heterocycles. The normalized spacial score (nSPS) is 16.2. The summed E-state index contributed by atoms with van der Waals surface area (Å²) < 4.78 is 9.93. The lowest BCUT2D eigenvalue weighted by atomic mass is 10.0. The third-order valence-corrected chi connectivity index (χ3v) is 4.00. The van der Waals surface area contributed by atoms with Crippen molar-refractivity contribution < 1.29 is 24.2 Å². The molecule has 6 nitrogen and oxygen atoms in total. The molecule has 1 heterocycles. The van der Waals surface area contributed by atoms with E-state index in [-0.39, 0.29) is 28.7 Å². The first-order valence-electron chi connectivity index (χ1n) is 8.00. The molecule has 2 rings (SSSR count). The molecule has 25 heavy (non-hydrogen) atoms. The predicted molar refractivity (Wildman–Crippen MR) is 93.9 cm³/mol. The van der Waals surface area contributed by atoms with Crippen LogP contribution in [0.25, 0.3) is 6.08 Å². The number of rotatable bonds is 5. The molecule has 0 radical (unpaired) electrons.